The number of piperidine rings is 1. The Morgan fingerprint density at radius 1 is 1.29 bits per heavy atom. The molecule has 1 aliphatic rings. The van der Waals surface area contributed by atoms with E-state index in [1.165, 1.54) is 18.2 Å². The minimum Gasteiger partial charge on any atom is -0.508 e. The molecule has 2 N–H and O–H groups in total. The largest absolute Gasteiger partial charge is 0.508 e. The Balaban J connectivity index is 1.54. The third-order valence-corrected chi connectivity index (χ3v) is 4.19. The van der Waals surface area contributed by atoms with Crippen LogP contribution in [0.2, 0.25) is 0 Å². The number of nitrogens with zero attached hydrogens (tertiary/aromatic N) is 4. The van der Waals surface area contributed by atoms with Gasteiger partial charge in [-0.25, -0.2) is 9.97 Å². The Morgan fingerprint density at radius 2 is 2.00 bits per heavy atom. The van der Waals surface area contributed by atoms with Gasteiger partial charge in [0.05, 0.1) is 4.92 Å². The van der Waals surface area contributed by atoms with Crippen LogP contribution in [0.3, 0.4) is 0 Å². The molecule has 1 aromatic carbocycles. The maximum atomic E-state index is 10.8. The predicted molar refractivity (Wildman–Crippen MR) is 88.9 cm³/mol. The standard InChI is InChI=1S/C16H19N5O3/c22-15-3-2-14(21(23)24)10-12(15)11-19-13-4-8-20(9-5-13)16-17-6-1-7-18-16/h1-3,6-7,10,13,19,22H,4-5,8-9,11H2. The van der Waals surface area contributed by atoms with Crippen molar-refractivity contribution in [2.45, 2.75) is 25.4 Å². The second kappa shape index (κ2) is 7.22. The molecule has 0 spiro atoms. The summed E-state index contributed by atoms with van der Waals surface area (Å²) in [5, 5.41) is 24.0. The van der Waals surface area contributed by atoms with E-state index in [1.807, 2.05) is 0 Å². The number of hydrogen-bond acceptors (Lipinski definition) is 7. The van der Waals surface area contributed by atoms with Crippen molar-refractivity contribution in [2.24, 2.45) is 0 Å². The van der Waals surface area contributed by atoms with Crippen LogP contribution in [0.25, 0.3) is 0 Å². The summed E-state index contributed by atoms with van der Waals surface area (Å²) in [6.07, 6.45) is 5.32. The first-order chi connectivity index (χ1) is 11.6. The molecule has 1 aromatic heterocycles. The number of anilines is 1. The number of nitro benzene ring substituents is 1. The first-order valence-electron chi connectivity index (χ1n) is 7.85. The van der Waals surface area contributed by atoms with Gasteiger partial charge in [-0.05, 0) is 25.0 Å². The van der Waals surface area contributed by atoms with Gasteiger partial charge >= 0.3 is 0 Å². The molecule has 0 amide bonds. The van der Waals surface area contributed by atoms with Gasteiger partial charge in [0.15, 0.2) is 0 Å². The zero-order valence-electron chi connectivity index (χ0n) is 13.1. The van der Waals surface area contributed by atoms with E-state index in [-0.39, 0.29) is 11.4 Å². The summed E-state index contributed by atoms with van der Waals surface area (Å²) in [4.78, 5) is 21.0. The molecule has 8 nitrogen and oxygen atoms in total. The number of rotatable bonds is 5. The predicted octanol–water partition coefficient (Wildman–Crippen LogP) is 1.85. The van der Waals surface area contributed by atoms with Gasteiger partial charge in [0.25, 0.3) is 5.69 Å². The molecule has 2 heterocycles. The van der Waals surface area contributed by atoms with Crippen LogP contribution < -0.4 is 10.2 Å². The quantitative estimate of drug-likeness (QED) is 0.637. The third-order valence-electron chi connectivity index (χ3n) is 4.19. The average molecular weight is 329 g/mol. The van der Waals surface area contributed by atoms with Crippen molar-refractivity contribution in [1.82, 2.24) is 15.3 Å². The summed E-state index contributed by atoms with van der Waals surface area (Å²) in [6.45, 7) is 2.10. The monoisotopic (exact) mass is 329 g/mol. The minimum absolute atomic E-state index is 0.0133. The Hall–Kier alpha value is -2.74. The van der Waals surface area contributed by atoms with Crippen LogP contribution in [-0.2, 0) is 6.54 Å². The molecule has 0 unspecified atom stereocenters. The first-order valence-corrected chi connectivity index (χ1v) is 7.85. The fraction of sp³-hybridized carbons (Fsp3) is 0.375. The summed E-state index contributed by atoms with van der Waals surface area (Å²) >= 11 is 0. The highest BCUT2D eigenvalue weighted by Crippen LogP contribution is 2.23. The highest BCUT2D eigenvalue weighted by molar-refractivity contribution is 5.43. The lowest BCUT2D eigenvalue weighted by molar-refractivity contribution is -0.384. The lowest BCUT2D eigenvalue weighted by Gasteiger charge is -2.32. The minimum atomic E-state index is -0.457. The van der Waals surface area contributed by atoms with Gasteiger partial charge in [0.2, 0.25) is 5.95 Å². The number of hydrogen-bond donors (Lipinski definition) is 2. The number of phenolic OH excluding ortho intramolecular Hbond substituents is 1. The van der Waals surface area contributed by atoms with Gasteiger partial charge in [-0.3, -0.25) is 10.1 Å². The lowest BCUT2D eigenvalue weighted by atomic mass is 10.0. The van der Waals surface area contributed by atoms with E-state index in [4.69, 9.17) is 0 Å². The molecule has 2 aromatic rings. The highest BCUT2D eigenvalue weighted by atomic mass is 16.6. The average Bonchev–Trinajstić information content (AvgIpc) is 2.62. The van der Waals surface area contributed by atoms with E-state index in [9.17, 15) is 15.2 Å². The molecule has 0 bridgehead atoms. The summed E-state index contributed by atoms with van der Waals surface area (Å²) < 4.78 is 0. The first kappa shape index (κ1) is 16.1. The number of aromatic nitrogens is 2. The third kappa shape index (κ3) is 3.77. The molecule has 0 atom stereocenters. The van der Waals surface area contributed by atoms with E-state index < -0.39 is 4.92 Å². The second-order valence-electron chi connectivity index (χ2n) is 5.76. The highest BCUT2D eigenvalue weighted by Gasteiger charge is 2.21. The van der Waals surface area contributed by atoms with E-state index >= 15 is 0 Å². The van der Waals surface area contributed by atoms with Gasteiger partial charge in [0.1, 0.15) is 5.75 Å². The van der Waals surface area contributed by atoms with Crippen molar-refractivity contribution in [2.75, 3.05) is 18.0 Å². The van der Waals surface area contributed by atoms with E-state index in [0.717, 1.165) is 31.9 Å². The fourth-order valence-electron chi connectivity index (χ4n) is 2.82. The maximum Gasteiger partial charge on any atom is 0.270 e. The van der Waals surface area contributed by atoms with Crippen molar-refractivity contribution in [1.29, 1.82) is 0 Å². The summed E-state index contributed by atoms with van der Waals surface area (Å²) in [5.41, 5.74) is 0.527. The molecule has 24 heavy (non-hydrogen) atoms. The fourth-order valence-corrected chi connectivity index (χ4v) is 2.82. The van der Waals surface area contributed by atoms with Crippen LogP contribution in [0.1, 0.15) is 18.4 Å². The van der Waals surface area contributed by atoms with Gasteiger partial charge in [-0.15, -0.1) is 0 Å². The van der Waals surface area contributed by atoms with Crippen LogP contribution in [0.5, 0.6) is 5.75 Å². The number of nitrogens with one attached hydrogen (secondary N) is 1. The number of aromatic hydroxyl groups is 1. The zero-order valence-corrected chi connectivity index (χ0v) is 13.1. The van der Waals surface area contributed by atoms with E-state index in [1.54, 1.807) is 18.5 Å². The maximum absolute atomic E-state index is 10.8. The number of non-ortho nitro benzene ring substituents is 1. The SMILES string of the molecule is O=[N+]([O-])c1ccc(O)c(CNC2CCN(c3ncccn3)CC2)c1. The molecule has 0 radical (unpaired) electrons. The number of nitro groups is 1. The van der Waals surface area contributed by atoms with Crippen LogP contribution in [-0.4, -0.2) is 39.1 Å². The molecule has 1 saturated heterocycles. The lowest BCUT2D eigenvalue weighted by Crippen LogP contribution is -2.42. The smallest absolute Gasteiger partial charge is 0.270 e. The van der Waals surface area contributed by atoms with Crippen molar-refractivity contribution in [3.8, 4) is 5.75 Å². The van der Waals surface area contributed by atoms with E-state index in [2.05, 4.69) is 20.2 Å². The molecular weight excluding hydrogens is 310 g/mol. The Bertz CT molecular complexity index is 702. The van der Waals surface area contributed by atoms with Crippen molar-refractivity contribution in [3.63, 3.8) is 0 Å². The van der Waals surface area contributed by atoms with Crippen molar-refractivity contribution in [3.05, 3.63) is 52.3 Å². The number of benzene rings is 1. The zero-order chi connectivity index (χ0) is 16.9. The molecule has 0 aliphatic carbocycles. The van der Waals surface area contributed by atoms with Crippen LogP contribution in [0, 0.1) is 10.1 Å². The van der Waals surface area contributed by atoms with Crippen molar-refractivity contribution < 1.29 is 10.0 Å². The summed E-state index contributed by atoms with van der Waals surface area (Å²) in [5.74, 6) is 0.815. The normalized spacial score (nSPS) is 15.4. The van der Waals surface area contributed by atoms with Gasteiger partial charge in [0, 0.05) is 55.8 Å². The van der Waals surface area contributed by atoms with Gasteiger partial charge in [-0.1, -0.05) is 0 Å². The van der Waals surface area contributed by atoms with Crippen molar-refractivity contribution >= 4 is 11.6 Å². The Morgan fingerprint density at radius 3 is 2.67 bits per heavy atom. The summed E-state index contributed by atoms with van der Waals surface area (Å²) in [7, 11) is 0. The molecular formula is C16H19N5O3. The molecule has 3 rings (SSSR count). The Kier molecular flexibility index (Phi) is 4.85. The number of phenols is 1. The van der Waals surface area contributed by atoms with Crippen LogP contribution in [0.4, 0.5) is 11.6 Å². The van der Waals surface area contributed by atoms with Gasteiger partial charge < -0.3 is 15.3 Å². The van der Waals surface area contributed by atoms with Gasteiger partial charge in [-0.2, -0.15) is 0 Å². The van der Waals surface area contributed by atoms with E-state index in [0.29, 0.717) is 18.2 Å². The topological polar surface area (TPSA) is 104 Å². The van der Waals surface area contributed by atoms with Crippen LogP contribution >= 0.6 is 0 Å². The van der Waals surface area contributed by atoms with Crippen LogP contribution in [0.15, 0.2) is 36.7 Å². The second-order valence-corrected chi connectivity index (χ2v) is 5.76. The Labute approximate surface area is 139 Å². The molecule has 1 aliphatic heterocycles. The molecule has 1 fully saturated rings. The molecule has 0 saturated carbocycles. The molecule has 126 valence electrons. The molecule has 8 heteroatoms. The summed E-state index contributed by atoms with van der Waals surface area (Å²) in [6, 6.07) is 6.17.